The maximum absolute atomic E-state index is 6.14. The average molecular weight is 191 g/mol. The molecule has 76 valence electrons. The fourth-order valence-electron chi connectivity index (χ4n) is 2.21. The quantitative estimate of drug-likeness (QED) is 0.689. The fourth-order valence-corrected chi connectivity index (χ4v) is 2.21. The van der Waals surface area contributed by atoms with Crippen molar-refractivity contribution >= 4 is 0 Å². The molecule has 2 atom stereocenters. The van der Waals surface area contributed by atoms with Crippen molar-refractivity contribution in [2.24, 2.45) is 5.73 Å². The van der Waals surface area contributed by atoms with Crippen LogP contribution in [-0.2, 0) is 0 Å². The van der Waals surface area contributed by atoms with Gasteiger partial charge in [0.15, 0.2) is 0 Å². The summed E-state index contributed by atoms with van der Waals surface area (Å²) in [4.78, 5) is 8.46. The topological polar surface area (TPSA) is 51.8 Å². The summed E-state index contributed by atoms with van der Waals surface area (Å²) in [6.07, 6.45) is 11.5. The molecule has 0 amide bonds. The first-order valence-corrected chi connectivity index (χ1v) is 5.39. The summed E-state index contributed by atoms with van der Waals surface area (Å²) in [6, 6.07) is 0.272. The highest BCUT2D eigenvalue weighted by Crippen LogP contribution is 2.29. The van der Waals surface area contributed by atoms with Gasteiger partial charge in [-0.2, -0.15) is 0 Å². The van der Waals surface area contributed by atoms with Crippen molar-refractivity contribution in [3.8, 4) is 0 Å². The Balaban J connectivity index is 2.15. The summed E-state index contributed by atoms with van der Waals surface area (Å²) in [6.45, 7) is 0. The van der Waals surface area contributed by atoms with Crippen molar-refractivity contribution < 1.29 is 0 Å². The van der Waals surface area contributed by atoms with Gasteiger partial charge in [0.2, 0.25) is 0 Å². The number of nitrogens with two attached hydrogens (primary N) is 1. The summed E-state index contributed by atoms with van der Waals surface area (Å²) in [5.41, 5.74) is 7.21. The molecule has 1 fully saturated rings. The molecule has 2 unspecified atom stereocenters. The highest BCUT2D eigenvalue weighted by atomic mass is 14.8. The second-order valence-corrected chi connectivity index (χ2v) is 4.04. The Morgan fingerprint density at radius 2 is 2.00 bits per heavy atom. The van der Waals surface area contributed by atoms with Crippen LogP contribution in [0.15, 0.2) is 18.6 Å². The molecular formula is C11H17N3. The third kappa shape index (κ3) is 2.10. The fraction of sp³-hybridized carbons (Fsp3) is 0.636. The van der Waals surface area contributed by atoms with Gasteiger partial charge in [-0.1, -0.05) is 19.3 Å². The van der Waals surface area contributed by atoms with E-state index in [-0.39, 0.29) is 6.04 Å². The van der Waals surface area contributed by atoms with Crippen LogP contribution in [-0.4, -0.2) is 16.0 Å². The lowest BCUT2D eigenvalue weighted by Crippen LogP contribution is -2.27. The van der Waals surface area contributed by atoms with E-state index in [9.17, 15) is 0 Å². The van der Waals surface area contributed by atoms with Crippen LogP contribution in [0.3, 0.4) is 0 Å². The smallest absolute Gasteiger partial charge is 0.0632 e. The Hall–Kier alpha value is -0.960. The molecular weight excluding hydrogens is 174 g/mol. The minimum absolute atomic E-state index is 0.272. The normalized spacial score (nSPS) is 28.4. The summed E-state index contributed by atoms with van der Waals surface area (Å²) in [5.74, 6) is 0.422. The molecule has 0 saturated heterocycles. The molecule has 1 aromatic rings. The van der Waals surface area contributed by atoms with Crippen LogP contribution in [0.4, 0.5) is 0 Å². The van der Waals surface area contributed by atoms with E-state index in [2.05, 4.69) is 9.97 Å². The van der Waals surface area contributed by atoms with E-state index in [1.54, 1.807) is 12.4 Å². The second kappa shape index (κ2) is 4.51. The molecule has 3 heteroatoms. The molecule has 0 aromatic carbocycles. The van der Waals surface area contributed by atoms with Crippen molar-refractivity contribution in [1.82, 2.24) is 9.97 Å². The molecule has 0 bridgehead atoms. The molecule has 2 N–H and O–H groups in total. The summed E-state index contributed by atoms with van der Waals surface area (Å²) in [7, 11) is 0. The lowest BCUT2D eigenvalue weighted by Gasteiger charge is -2.19. The van der Waals surface area contributed by atoms with Crippen LogP contribution >= 0.6 is 0 Å². The van der Waals surface area contributed by atoms with Crippen LogP contribution in [0.1, 0.15) is 43.7 Å². The zero-order valence-electron chi connectivity index (χ0n) is 8.39. The van der Waals surface area contributed by atoms with E-state index >= 15 is 0 Å². The van der Waals surface area contributed by atoms with Gasteiger partial charge in [0.05, 0.1) is 5.69 Å². The van der Waals surface area contributed by atoms with Crippen LogP contribution in [0.2, 0.25) is 0 Å². The molecule has 0 aliphatic heterocycles. The van der Waals surface area contributed by atoms with Crippen molar-refractivity contribution in [2.75, 3.05) is 0 Å². The highest BCUT2D eigenvalue weighted by Gasteiger charge is 2.22. The van der Waals surface area contributed by atoms with E-state index < -0.39 is 0 Å². The Bertz CT molecular complexity index is 273. The minimum atomic E-state index is 0.272. The predicted octanol–water partition coefficient (Wildman–Crippen LogP) is 1.85. The molecule has 0 spiro atoms. The van der Waals surface area contributed by atoms with E-state index in [4.69, 9.17) is 5.73 Å². The van der Waals surface area contributed by atoms with Gasteiger partial charge in [-0.05, 0) is 12.8 Å². The van der Waals surface area contributed by atoms with E-state index in [0.717, 1.165) is 12.1 Å². The van der Waals surface area contributed by atoms with Crippen molar-refractivity contribution in [1.29, 1.82) is 0 Å². The lowest BCUT2D eigenvalue weighted by atomic mass is 9.92. The number of hydrogen-bond acceptors (Lipinski definition) is 3. The van der Waals surface area contributed by atoms with Gasteiger partial charge in [0.25, 0.3) is 0 Å². The van der Waals surface area contributed by atoms with Gasteiger partial charge < -0.3 is 5.73 Å². The van der Waals surface area contributed by atoms with Gasteiger partial charge >= 0.3 is 0 Å². The summed E-state index contributed by atoms with van der Waals surface area (Å²) < 4.78 is 0. The summed E-state index contributed by atoms with van der Waals surface area (Å²) >= 11 is 0. The molecule has 1 aromatic heterocycles. The lowest BCUT2D eigenvalue weighted by molar-refractivity contribution is 0.493. The largest absolute Gasteiger partial charge is 0.327 e. The maximum Gasteiger partial charge on any atom is 0.0632 e. The zero-order valence-corrected chi connectivity index (χ0v) is 8.39. The molecule has 1 saturated carbocycles. The number of nitrogens with zero attached hydrogens (tertiary/aromatic N) is 2. The average Bonchev–Trinajstić information content (AvgIpc) is 2.44. The van der Waals surface area contributed by atoms with Crippen LogP contribution < -0.4 is 5.73 Å². The third-order valence-corrected chi connectivity index (χ3v) is 3.03. The molecule has 1 aliphatic carbocycles. The van der Waals surface area contributed by atoms with E-state index in [1.165, 1.54) is 25.7 Å². The Morgan fingerprint density at radius 3 is 2.79 bits per heavy atom. The minimum Gasteiger partial charge on any atom is -0.327 e. The second-order valence-electron chi connectivity index (χ2n) is 4.04. The predicted molar refractivity (Wildman–Crippen MR) is 55.8 cm³/mol. The van der Waals surface area contributed by atoms with Crippen molar-refractivity contribution in [3.63, 3.8) is 0 Å². The first-order valence-electron chi connectivity index (χ1n) is 5.39. The molecule has 3 nitrogen and oxygen atoms in total. The molecule has 2 rings (SSSR count). The Morgan fingerprint density at radius 1 is 1.14 bits per heavy atom. The Kier molecular flexibility index (Phi) is 3.09. The maximum atomic E-state index is 6.14. The van der Waals surface area contributed by atoms with Crippen molar-refractivity contribution in [2.45, 2.75) is 44.1 Å². The molecule has 0 radical (unpaired) electrons. The summed E-state index contributed by atoms with van der Waals surface area (Å²) in [5, 5.41) is 0. The first-order chi connectivity index (χ1) is 6.88. The molecule has 14 heavy (non-hydrogen) atoms. The highest BCUT2D eigenvalue weighted by molar-refractivity contribution is 5.07. The Labute approximate surface area is 84.8 Å². The van der Waals surface area contributed by atoms with Crippen molar-refractivity contribution in [3.05, 3.63) is 24.3 Å². The van der Waals surface area contributed by atoms with Gasteiger partial charge in [-0.3, -0.25) is 9.97 Å². The zero-order chi connectivity index (χ0) is 9.80. The third-order valence-electron chi connectivity index (χ3n) is 3.03. The molecule has 1 aliphatic rings. The van der Waals surface area contributed by atoms with Crippen LogP contribution in [0.25, 0.3) is 0 Å². The van der Waals surface area contributed by atoms with Gasteiger partial charge in [0, 0.05) is 30.6 Å². The number of aromatic nitrogens is 2. The number of hydrogen-bond donors (Lipinski definition) is 1. The van der Waals surface area contributed by atoms with E-state index in [1.807, 2.05) is 6.20 Å². The van der Waals surface area contributed by atoms with Gasteiger partial charge in [0.1, 0.15) is 0 Å². The standard InChI is InChI=1S/C11H17N3/c12-10-5-3-1-2-4-9(10)11-8-13-6-7-14-11/h6-10H,1-5,12H2. The molecule has 1 heterocycles. The van der Waals surface area contributed by atoms with E-state index in [0.29, 0.717) is 5.92 Å². The SMILES string of the molecule is NC1CCCCCC1c1cnccn1. The van der Waals surface area contributed by atoms with Crippen LogP contribution in [0.5, 0.6) is 0 Å². The van der Waals surface area contributed by atoms with Gasteiger partial charge in [-0.25, -0.2) is 0 Å². The first kappa shape index (κ1) is 9.59. The van der Waals surface area contributed by atoms with Gasteiger partial charge in [-0.15, -0.1) is 0 Å². The monoisotopic (exact) mass is 191 g/mol. The number of rotatable bonds is 1. The van der Waals surface area contributed by atoms with Crippen LogP contribution in [0, 0.1) is 0 Å².